The first-order chi connectivity index (χ1) is 5.79. The molecule has 1 heterocycles. The molecule has 2 N–H and O–H groups in total. The van der Waals surface area contributed by atoms with Crippen LogP contribution in [0.15, 0.2) is 11.8 Å². The van der Waals surface area contributed by atoms with Crippen molar-refractivity contribution in [3.8, 4) is 0 Å². The van der Waals surface area contributed by atoms with E-state index in [2.05, 4.69) is 0 Å². The van der Waals surface area contributed by atoms with Crippen molar-refractivity contribution in [2.45, 2.75) is 25.3 Å². The van der Waals surface area contributed by atoms with Crippen molar-refractivity contribution in [1.29, 1.82) is 0 Å². The molecule has 12 heavy (non-hydrogen) atoms. The van der Waals surface area contributed by atoms with Gasteiger partial charge in [-0.25, -0.2) is 0 Å². The Morgan fingerprint density at radius 1 is 1.67 bits per heavy atom. The van der Waals surface area contributed by atoms with E-state index in [9.17, 15) is 4.79 Å². The average molecular weight is 167 g/mol. The molecule has 1 atom stereocenters. The van der Waals surface area contributed by atoms with Crippen LogP contribution in [0.4, 0.5) is 0 Å². The van der Waals surface area contributed by atoms with Crippen molar-refractivity contribution < 1.29 is 9.53 Å². The zero-order chi connectivity index (χ0) is 8.55. The van der Waals surface area contributed by atoms with Crippen LogP contribution in [0.25, 0.3) is 0 Å². The maximum absolute atomic E-state index is 11.5. The number of carbonyl (C=O) groups excluding carboxylic acids is 1. The highest BCUT2D eigenvalue weighted by Crippen LogP contribution is 2.33. The lowest BCUT2D eigenvalue weighted by Gasteiger charge is -2.09. The predicted octanol–water partition coefficient (Wildman–Crippen LogP) is 0.597. The van der Waals surface area contributed by atoms with Crippen molar-refractivity contribution in [2.24, 2.45) is 11.7 Å². The van der Waals surface area contributed by atoms with Crippen molar-refractivity contribution in [1.82, 2.24) is 0 Å². The fourth-order valence-corrected chi connectivity index (χ4v) is 1.42. The first-order valence-electron chi connectivity index (χ1n) is 4.42. The molecule has 2 aliphatic rings. The molecular formula is C9H13NO2. The second-order valence-corrected chi connectivity index (χ2v) is 3.43. The summed E-state index contributed by atoms with van der Waals surface area (Å²) in [6.07, 6.45) is 4.88. The van der Waals surface area contributed by atoms with E-state index < -0.39 is 0 Å². The Kier molecular flexibility index (Phi) is 1.89. The van der Waals surface area contributed by atoms with Gasteiger partial charge in [-0.3, -0.25) is 4.79 Å². The van der Waals surface area contributed by atoms with E-state index in [1.54, 1.807) is 0 Å². The zero-order valence-electron chi connectivity index (χ0n) is 6.95. The summed E-state index contributed by atoms with van der Waals surface area (Å²) < 4.78 is 5.15. The molecule has 0 saturated heterocycles. The Morgan fingerprint density at radius 2 is 2.42 bits per heavy atom. The van der Waals surface area contributed by atoms with Gasteiger partial charge in [0.1, 0.15) is 0 Å². The summed E-state index contributed by atoms with van der Waals surface area (Å²) in [5.74, 6) is 0.909. The molecule has 0 amide bonds. The zero-order valence-corrected chi connectivity index (χ0v) is 6.95. The maximum atomic E-state index is 11.5. The summed E-state index contributed by atoms with van der Waals surface area (Å²) >= 11 is 0. The number of ether oxygens (including phenoxy) is 1. The third kappa shape index (κ3) is 1.37. The van der Waals surface area contributed by atoms with Gasteiger partial charge in [-0.2, -0.15) is 0 Å². The van der Waals surface area contributed by atoms with Gasteiger partial charge < -0.3 is 10.5 Å². The molecule has 1 aliphatic carbocycles. The van der Waals surface area contributed by atoms with Gasteiger partial charge in [0.25, 0.3) is 0 Å². The minimum absolute atomic E-state index is 0.00463. The standard InChI is InChI=1S/C9H13NO2/c10-8(6-3-4-6)9(11)7-2-1-5-12-7/h2,6,8H,1,3-5,10H2. The highest BCUT2D eigenvalue weighted by molar-refractivity contribution is 5.98. The van der Waals surface area contributed by atoms with E-state index in [-0.39, 0.29) is 11.8 Å². The predicted molar refractivity (Wildman–Crippen MR) is 44.4 cm³/mol. The number of ketones is 1. The van der Waals surface area contributed by atoms with E-state index in [0.29, 0.717) is 18.3 Å². The van der Waals surface area contributed by atoms with Crippen LogP contribution in [0, 0.1) is 5.92 Å². The molecule has 3 heteroatoms. The summed E-state index contributed by atoms with van der Waals surface area (Å²) in [5, 5.41) is 0. The molecular weight excluding hydrogens is 154 g/mol. The second-order valence-electron chi connectivity index (χ2n) is 3.43. The summed E-state index contributed by atoms with van der Waals surface area (Å²) in [6.45, 7) is 0.637. The third-order valence-electron chi connectivity index (χ3n) is 2.38. The normalized spacial score (nSPS) is 24.6. The van der Waals surface area contributed by atoms with Crippen LogP contribution in [0.5, 0.6) is 0 Å². The molecule has 0 bridgehead atoms. The Morgan fingerprint density at radius 3 is 2.92 bits per heavy atom. The highest BCUT2D eigenvalue weighted by atomic mass is 16.5. The Hall–Kier alpha value is -0.830. The minimum Gasteiger partial charge on any atom is -0.490 e. The van der Waals surface area contributed by atoms with Gasteiger partial charge in [-0.15, -0.1) is 0 Å². The van der Waals surface area contributed by atoms with Crippen LogP contribution in [0.2, 0.25) is 0 Å². The van der Waals surface area contributed by atoms with E-state index in [1.165, 1.54) is 0 Å². The molecule has 66 valence electrons. The Bertz CT molecular complexity index is 231. The topological polar surface area (TPSA) is 52.3 Å². The minimum atomic E-state index is -0.311. The van der Waals surface area contributed by atoms with Gasteiger partial charge in [0.05, 0.1) is 12.6 Å². The number of carbonyl (C=O) groups is 1. The average Bonchev–Trinajstić information content (AvgIpc) is 2.79. The van der Waals surface area contributed by atoms with Gasteiger partial charge in [-0.1, -0.05) is 0 Å². The van der Waals surface area contributed by atoms with Crippen molar-refractivity contribution in [3.05, 3.63) is 11.8 Å². The lowest BCUT2D eigenvalue weighted by Crippen LogP contribution is -2.33. The third-order valence-corrected chi connectivity index (χ3v) is 2.38. The molecule has 0 aromatic carbocycles. The highest BCUT2D eigenvalue weighted by Gasteiger charge is 2.35. The first kappa shape index (κ1) is 7.80. The molecule has 3 nitrogen and oxygen atoms in total. The van der Waals surface area contributed by atoms with Crippen molar-refractivity contribution in [3.63, 3.8) is 0 Å². The molecule has 1 aliphatic heterocycles. The van der Waals surface area contributed by atoms with Crippen molar-refractivity contribution >= 4 is 5.78 Å². The fourth-order valence-electron chi connectivity index (χ4n) is 1.42. The van der Waals surface area contributed by atoms with Gasteiger partial charge in [0.15, 0.2) is 5.76 Å². The van der Waals surface area contributed by atoms with Crippen LogP contribution < -0.4 is 5.73 Å². The second kappa shape index (κ2) is 2.90. The van der Waals surface area contributed by atoms with Gasteiger partial charge >= 0.3 is 0 Å². The van der Waals surface area contributed by atoms with Crippen LogP contribution in [0.1, 0.15) is 19.3 Å². The first-order valence-corrected chi connectivity index (χ1v) is 4.42. The van der Waals surface area contributed by atoms with Crippen molar-refractivity contribution in [2.75, 3.05) is 6.61 Å². The fraction of sp³-hybridized carbons (Fsp3) is 0.667. The molecule has 0 aromatic heterocycles. The summed E-state index contributed by atoms with van der Waals surface area (Å²) in [7, 11) is 0. The number of rotatable bonds is 3. The van der Waals surface area contributed by atoms with E-state index in [4.69, 9.17) is 10.5 Å². The summed E-state index contributed by atoms with van der Waals surface area (Å²) in [6, 6.07) is -0.311. The molecule has 1 unspecified atom stereocenters. The van der Waals surface area contributed by atoms with Crippen LogP contribution in [0.3, 0.4) is 0 Å². The lowest BCUT2D eigenvalue weighted by molar-refractivity contribution is -0.120. The lowest BCUT2D eigenvalue weighted by atomic mass is 10.1. The molecule has 2 rings (SSSR count). The number of hydrogen-bond acceptors (Lipinski definition) is 3. The van der Waals surface area contributed by atoms with E-state index in [0.717, 1.165) is 19.3 Å². The largest absolute Gasteiger partial charge is 0.490 e. The summed E-state index contributed by atoms with van der Waals surface area (Å²) in [5.41, 5.74) is 5.73. The summed E-state index contributed by atoms with van der Waals surface area (Å²) in [4.78, 5) is 11.5. The SMILES string of the molecule is NC(C(=O)C1=CCCO1)C1CC1. The van der Waals surface area contributed by atoms with Crippen LogP contribution >= 0.6 is 0 Å². The quantitative estimate of drug-likeness (QED) is 0.669. The monoisotopic (exact) mass is 167 g/mol. The molecule has 0 aromatic rings. The molecule has 1 fully saturated rings. The Balaban J connectivity index is 1.97. The Labute approximate surface area is 71.6 Å². The molecule has 0 spiro atoms. The van der Waals surface area contributed by atoms with Gasteiger partial charge in [0.2, 0.25) is 5.78 Å². The van der Waals surface area contributed by atoms with E-state index >= 15 is 0 Å². The van der Waals surface area contributed by atoms with E-state index in [1.807, 2.05) is 6.08 Å². The number of hydrogen-bond donors (Lipinski definition) is 1. The van der Waals surface area contributed by atoms with Crippen LogP contribution in [-0.4, -0.2) is 18.4 Å². The smallest absolute Gasteiger partial charge is 0.213 e. The van der Waals surface area contributed by atoms with Gasteiger partial charge in [0, 0.05) is 6.42 Å². The molecule has 1 saturated carbocycles. The van der Waals surface area contributed by atoms with Crippen LogP contribution in [-0.2, 0) is 9.53 Å². The maximum Gasteiger partial charge on any atom is 0.213 e. The number of Topliss-reactive ketones (excluding diaryl/α,β-unsaturated/α-hetero) is 1. The molecule has 0 radical (unpaired) electrons. The van der Waals surface area contributed by atoms with Gasteiger partial charge in [-0.05, 0) is 24.8 Å². The number of nitrogens with two attached hydrogens (primary N) is 1.